The van der Waals surface area contributed by atoms with Crippen LogP contribution in [0.15, 0.2) is 30.5 Å². The standard InChI is InChI=1S/C13H9F2NO2/c1-18-13-10(7-17)9(4-5-16-13)8-2-3-11(14)12(15)6-8/h2-7H,1H3. The lowest BCUT2D eigenvalue weighted by molar-refractivity contribution is 0.112. The molecule has 0 bridgehead atoms. The number of carbonyl (C=O) groups is 1. The topological polar surface area (TPSA) is 39.2 Å². The first-order valence-electron chi connectivity index (χ1n) is 5.11. The highest BCUT2D eigenvalue weighted by molar-refractivity contribution is 5.90. The molecule has 3 nitrogen and oxygen atoms in total. The first-order valence-corrected chi connectivity index (χ1v) is 5.11. The second kappa shape index (κ2) is 4.91. The predicted octanol–water partition coefficient (Wildman–Crippen LogP) is 2.85. The van der Waals surface area contributed by atoms with Gasteiger partial charge in [0.25, 0.3) is 0 Å². The summed E-state index contributed by atoms with van der Waals surface area (Å²) in [6, 6.07) is 4.96. The van der Waals surface area contributed by atoms with Gasteiger partial charge in [0.2, 0.25) is 5.88 Å². The number of carbonyl (C=O) groups excluding carboxylic acids is 1. The fourth-order valence-electron chi connectivity index (χ4n) is 1.65. The van der Waals surface area contributed by atoms with Crippen LogP contribution in [0.25, 0.3) is 11.1 Å². The molecular weight excluding hydrogens is 240 g/mol. The van der Waals surface area contributed by atoms with Gasteiger partial charge in [0.15, 0.2) is 17.9 Å². The van der Waals surface area contributed by atoms with Crippen LogP contribution in [0.4, 0.5) is 8.78 Å². The fourth-order valence-corrected chi connectivity index (χ4v) is 1.65. The maximum absolute atomic E-state index is 13.2. The number of methoxy groups -OCH3 is 1. The molecule has 0 radical (unpaired) electrons. The molecule has 0 spiro atoms. The van der Waals surface area contributed by atoms with Crippen LogP contribution in [0.3, 0.4) is 0 Å². The number of aldehydes is 1. The molecule has 0 fully saturated rings. The third-order valence-electron chi connectivity index (χ3n) is 2.50. The number of benzene rings is 1. The van der Waals surface area contributed by atoms with Gasteiger partial charge in [0.05, 0.1) is 12.7 Å². The number of rotatable bonds is 3. The van der Waals surface area contributed by atoms with E-state index in [1.54, 1.807) is 6.07 Å². The van der Waals surface area contributed by atoms with E-state index in [9.17, 15) is 13.6 Å². The highest BCUT2D eigenvalue weighted by Gasteiger charge is 2.13. The maximum atomic E-state index is 13.2. The minimum absolute atomic E-state index is 0.146. The van der Waals surface area contributed by atoms with E-state index in [0.717, 1.165) is 12.1 Å². The summed E-state index contributed by atoms with van der Waals surface area (Å²) in [7, 11) is 1.38. The molecule has 0 unspecified atom stereocenters. The molecule has 0 saturated heterocycles. The van der Waals surface area contributed by atoms with Crippen LogP contribution in [-0.4, -0.2) is 18.4 Å². The Labute approximate surface area is 102 Å². The average Bonchev–Trinajstić information content (AvgIpc) is 2.40. The van der Waals surface area contributed by atoms with E-state index in [1.165, 1.54) is 19.4 Å². The number of aromatic nitrogens is 1. The Bertz CT molecular complexity index is 600. The molecular formula is C13H9F2NO2. The average molecular weight is 249 g/mol. The van der Waals surface area contributed by atoms with Crippen molar-refractivity contribution in [3.63, 3.8) is 0 Å². The summed E-state index contributed by atoms with van der Waals surface area (Å²) < 4.78 is 31.0. The van der Waals surface area contributed by atoms with Gasteiger partial charge in [-0.25, -0.2) is 13.8 Å². The highest BCUT2D eigenvalue weighted by atomic mass is 19.2. The van der Waals surface area contributed by atoms with Gasteiger partial charge in [-0.2, -0.15) is 0 Å². The molecule has 0 atom stereocenters. The third kappa shape index (κ3) is 2.07. The second-order valence-corrected chi connectivity index (χ2v) is 3.53. The van der Waals surface area contributed by atoms with E-state index in [2.05, 4.69) is 4.98 Å². The van der Waals surface area contributed by atoms with Crippen molar-refractivity contribution in [2.75, 3.05) is 7.11 Å². The van der Waals surface area contributed by atoms with Gasteiger partial charge < -0.3 is 4.74 Å². The lowest BCUT2D eigenvalue weighted by Gasteiger charge is -2.08. The summed E-state index contributed by atoms with van der Waals surface area (Å²) in [6.07, 6.45) is 2.00. The van der Waals surface area contributed by atoms with Crippen molar-refractivity contribution in [3.8, 4) is 17.0 Å². The Balaban J connectivity index is 2.63. The van der Waals surface area contributed by atoms with Crippen molar-refractivity contribution in [2.24, 2.45) is 0 Å². The number of hydrogen-bond acceptors (Lipinski definition) is 3. The molecule has 18 heavy (non-hydrogen) atoms. The van der Waals surface area contributed by atoms with E-state index in [4.69, 9.17) is 4.74 Å². The fraction of sp³-hybridized carbons (Fsp3) is 0.0769. The number of nitrogens with zero attached hydrogens (tertiary/aromatic N) is 1. The first kappa shape index (κ1) is 12.2. The summed E-state index contributed by atoms with van der Waals surface area (Å²) in [6.45, 7) is 0. The Morgan fingerprint density at radius 1 is 1.22 bits per heavy atom. The Hall–Kier alpha value is -2.30. The first-order chi connectivity index (χ1) is 8.67. The molecule has 0 amide bonds. The maximum Gasteiger partial charge on any atom is 0.224 e. The molecule has 0 saturated carbocycles. The lowest BCUT2D eigenvalue weighted by atomic mass is 10.0. The van der Waals surface area contributed by atoms with Gasteiger partial charge in [-0.15, -0.1) is 0 Å². The van der Waals surface area contributed by atoms with E-state index in [0.29, 0.717) is 17.4 Å². The van der Waals surface area contributed by atoms with Crippen LogP contribution in [0.2, 0.25) is 0 Å². The Morgan fingerprint density at radius 3 is 2.61 bits per heavy atom. The van der Waals surface area contributed by atoms with Crippen molar-refractivity contribution in [2.45, 2.75) is 0 Å². The normalized spacial score (nSPS) is 10.2. The van der Waals surface area contributed by atoms with Crippen LogP contribution in [0, 0.1) is 11.6 Å². The summed E-state index contributed by atoms with van der Waals surface area (Å²) in [4.78, 5) is 14.9. The number of ether oxygens (including phenoxy) is 1. The zero-order chi connectivity index (χ0) is 13.1. The van der Waals surface area contributed by atoms with Crippen LogP contribution < -0.4 is 4.74 Å². The zero-order valence-corrected chi connectivity index (χ0v) is 9.48. The Morgan fingerprint density at radius 2 is 2.00 bits per heavy atom. The van der Waals surface area contributed by atoms with Crippen LogP contribution in [0.5, 0.6) is 5.88 Å². The number of hydrogen-bond donors (Lipinski definition) is 0. The van der Waals surface area contributed by atoms with Crippen molar-refractivity contribution in [1.82, 2.24) is 4.98 Å². The number of pyridine rings is 1. The quantitative estimate of drug-likeness (QED) is 0.785. The largest absolute Gasteiger partial charge is 0.480 e. The molecule has 1 aromatic heterocycles. The van der Waals surface area contributed by atoms with Gasteiger partial charge in [0, 0.05) is 6.20 Å². The van der Waals surface area contributed by atoms with E-state index in [1.807, 2.05) is 0 Å². The zero-order valence-electron chi connectivity index (χ0n) is 9.48. The van der Waals surface area contributed by atoms with Crippen molar-refractivity contribution in [3.05, 3.63) is 47.7 Å². The summed E-state index contributed by atoms with van der Waals surface area (Å²) in [5.74, 6) is -1.76. The minimum Gasteiger partial charge on any atom is -0.480 e. The molecule has 0 N–H and O–H groups in total. The second-order valence-electron chi connectivity index (χ2n) is 3.53. The van der Waals surface area contributed by atoms with Crippen LogP contribution in [0.1, 0.15) is 10.4 Å². The molecule has 0 aliphatic heterocycles. The summed E-state index contributed by atoms with van der Waals surface area (Å²) in [5.41, 5.74) is 1.03. The van der Waals surface area contributed by atoms with E-state index in [-0.39, 0.29) is 11.4 Å². The van der Waals surface area contributed by atoms with Crippen molar-refractivity contribution in [1.29, 1.82) is 0 Å². The van der Waals surface area contributed by atoms with Crippen molar-refractivity contribution >= 4 is 6.29 Å². The van der Waals surface area contributed by atoms with Gasteiger partial charge in [0.1, 0.15) is 0 Å². The molecule has 92 valence electrons. The van der Waals surface area contributed by atoms with Gasteiger partial charge in [-0.3, -0.25) is 4.79 Å². The smallest absolute Gasteiger partial charge is 0.224 e. The summed E-state index contributed by atoms with van der Waals surface area (Å²) in [5, 5.41) is 0. The SMILES string of the molecule is COc1nccc(-c2ccc(F)c(F)c2)c1C=O. The monoisotopic (exact) mass is 249 g/mol. The molecule has 5 heteroatoms. The molecule has 0 aliphatic rings. The minimum atomic E-state index is -0.972. The Kier molecular flexibility index (Phi) is 3.32. The van der Waals surface area contributed by atoms with Crippen LogP contribution >= 0.6 is 0 Å². The molecule has 2 aromatic rings. The third-order valence-corrected chi connectivity index (χ3v) is 2.50. The van der Waals surface area contributed by atoms with Crippen LogP contribution in [-0.2, 0) is 0 Å². The van der Waals surface area contributed by atoms with E-state index < -0.39 is 11.6 Å². The lowest BCUT2D eigenvalue weighted by Crippen LogP contribution is -1.97. The van der Waals surface area contributed by atoms with Gasteiger partial charge in [-0.05, 0) is 29.3 Å². The highest BCUT2D eigenvalue weighted by Crippen LogP contribution is 2.28. The molecule has 2 rings (SSSR count). The molecule has 1 heterocycles. The van der Waals surface area contributed by atoms with Gasteiger partial charge in [-0.1, -0.05) is 6.07 Å². The summed E-state index contributed by atoms with van der Waals surface area (Å²) >= 11 is 0. The van der Waals surface area contributed by atoms with E-state index >= 15 is 0 Å². The molecule has 1 aromatic carbocycles. The van der Waals surface area contributed by atoms with Gasteiger partial charge >= 0.3 is 0 Å². The molecule has 0 aliphatic carbocycles. The predicted molar refractivity (Wildman–Crippen MR) is 61.5 cm³/mol. The number of halogens is 2. The van der Waals surface area contributed by atoms with Crippen molar-refractivity contribution < 1.29 is 18.3 Å².